The van der Waals surface area contributed by atoms with Gasteiger partial charge in [-0.15, -0.1) is 0 Å². The van der Waals surface area contributed by atoms with Crippen LogP contribution in [0.1, 0.15) is 36.2 Å². The molecule has 1 saturated heterocycles. The van der Waals surface area contributed by atoms with Crippen molar-refractivity contribution in [2.45, 2.75) is 32.5 Å². The van der Waals surface area contributed by atoms with Crippen LogP contribution in [0.4, 0.5) is 17.6 Å². The van der Waals surface area contributed by atoms with E-state index in [0.29, 0.717) is 26.1 Å². The number of amides is 1. The predicted molar refractivity (Wildman–Crippen MR) is 78.6 cm³/mol. The molecule has 23 heavy (non-hydrogen) atoms. The molecule has 0 radical (unpaired) electrons. The second kappa shape index (κ2) is 6.86. The van der Waals surface area contributed by atoms with Crippen LogP contribution in [-0.4, -0.2) is 36.5 Å². The summed E-state index contributed by atoms with van der Waals surface area (Å²) in [7, 11) is 0. The third kappa shape index (κ3) is 4.02. The van der Waals surface area contributed by atoms with Crippen LogP contribution in [0.5, 0.6) is 0 Å². The Balaban J connectivity index is 2.42. The number of hydrogen-bond donors (Lipinski definition) is 1. The summed E-state index contributed by atoms with van der Waals surface area (Å²) in [5.74, 6) is -2.08. The summed E-state index contributed by atoms with van der Waals surface area (Å²) in [6, 6.07) is 2.74. The maximum Gasteiger partial charge on any atom is 0.420 e. The SMILES string of the molecule is CC(C)CN(C(=O)c1cccc(F)c1C(F)(F)F)[C@H]1CCNC1. The summed E-state index contributed by atoms with van der Waals surface area (Å²) < 4.78 is 53.2. The van der Waals surface area contributed by atoms with Gasteiger partial charge in [0.25, 0.3) is 5.91 Å². The lowest BCUT2D eigenvalue weighted by Gasteiger charge is -2.31. The molecule has 0 bridgehead atoms. The minimum atomic E-state index is -4.91. The zero-order valence-corrected chi connectivity index (χ0v) is 13.1. The van der Waals surface area contributed by atoms with E-state index >= 15 is 0 Å². The van der Waals surface area contributed by atoms with E-state index < -0.39 is 29.0 Å². The summed E-state index contributed by atoms with van der Waals surface area (Å²) in [4.78, 5) is 14.2. The molecule has 3 nitrogen and oxygen atoms in total. The average molecular weight is 332 g/mol. The Morgan fingerprint density at radius 1 is 1.39 bits per heavy atom. The minimum absolute atomic E-state index is 0.0995. The van der Waals surface area contributed by atoms with E-state index in [-0.39, 0.29) is 12.0 Å². The van der Waals surface area contributed by atoms with Crippen LogP contribution in [-0.2, 0) is 6.18 Å². The highest BCUT2D eigenvalue weighted by molar-refractivity contribution is 5.96. The first-order valence-corrected chi connectivity index (χ1v) is 7.59. The highest BCUT2D eigenvalue weighted by Gasteiger charge is 2.40. The highest BCUT2D eigenvalue weighted by Crippen LogP contribution is 2.35. The van der Waals surface area contributed by atoms with Gasteiger partial charge in [-0.3, -0.25) is 4.79 Å². The van der Waals surface area contributed by atoms with Gasteiger partial charge in [0, 0.05) is 19.1 Å². The molecule has 1 amide bonds. The topological polar surface area (TPSA) is 32.3 Å². The third-order valence-electron chi connectivity index (χ3n) is 3.83. The first-order chi connectivity index (χ1) is 10.7. The fourth-order valence-electron chi connectivity index (χ4n) is 2.84. The fraction of sp³-hybridized carbons (Fsp3) is 0.562. The lowest BCUT2D eigenvalue weighted by Crippen LogP contribution is -2.44. The number of nitrogens with one attached hydrogen (secondary N) is 1. The first kappa shape index (κ1) is 17.7. The van der Waals surface area contributed by atoms with E-state index in [9.17, 15) is 22.4 Å². The molecule has 0 spiro atoms. The lowest BCUT2D eigenvalue weighted by atomic mass is 10.0. The van der Waals surface area contributed by atoms with Gasteiger partial charge in [-0.05, 0) is 31.0 Å². The largest absolute Gasteiger partial charge is 0.420 e. The summed E-state index contributed by atoms with van der Waals surface area (Å²) in [6.07, 6.45) is -4.23. The number of hydrogen-bond acceptors (Lipinski definition) is 2. The van der Waals surface area contributed by atoms with Crippen LogP contribution >= 0.6 is 0 Å². The molecule has 0 aliphatic carbocycles. The van der Waals surface area contributed by atoms with Crippen molar-refractivity contribution >= 4 is 5.91 Å². The Morgan fingerprint density at radius 3 is 2.61 bits per heavy atom. The molecule has 1 fully saturated rings. The van der Waals surface area contributed by atoms with Crippen molar-refractivity contribution in [1.82, 2.24) is 10.2 Å². The Morgan fingerprint density at radius 2 is 2.09 bits per heavy atom. The van der Waals surface area contributed by atoms with Crippen LogP contribution in [0.25, 0.3) is 0 Å². The number of rotatable bonds is 4. The summed E-state index contributed by atoms with van der Waals surface area (Å²) >= 11 is 0. The van der Waals surface area contributed by atoms with Gasteiger partial charge in [0.15, 0.2) is 0 Å². The Bertz CT molecular complexity index is 566. The van der Waals surface area contributed by atoms with Crippen molar-refractivity contribution in [2.24, 2.45) is 5.92 Å². The van der Waals surface area contributed by atoms with E-state index in [0.717, 1.165) is 18.2 Å². The van der Waals surface area contributed by atoms with Crippen molar-refractivity contribution in [3.05, 3.63) is 35.1 Å². The van der Waals surface area contributed by atoms with Crippen molar-refractivity contribution in [3.63, 3.8) is 0 Å². The fourth-order valence-corrected chi connectivity index (χ4v) is 2.84. The van der Waals surface area contributed by atoms with Gasteiger partial charge in [0.05, 0.1) is 5.56 Å². The minimum Gasteiger partial charge on any atom is -0.334 e. The van der Waals surface area contributed by atoms with Gasteiger partial charge in [0.1, 0.15) is 11.4 Å². The van der Waals surface area contributed by atoms with Gasteiger partial charge in [0.2, 0.25) is 0 Å². The van der Waals surface area contributed by atoms with Gasteiger partial charge in [-0.2, -0.15) is 13.2 Å². The molecule has 1 N–H and O–H groups in total. The lowest BCUT2D eigenvalue weighted by molar-refractivity contribution is -0.140. The Kier molecular flexibility index (Phi) is 5.29. The zero-order chi connectivity index (χ0) is 17.2. The van der Waals surface area contributed by atoms with Gasteiger partial charge in [-0.25, -0.2) is 4.39 Å². The van der Waals surface area contributed by atoms with Crippen molar-refractivity contribution in [3.8, 4) is 0 Å². The molecule has 7 heteroatoms. The van der Waals surface area contributed by atoms with Crippen LogP contribution in [0.2, 0.25) is 0 Å². The smallest absolute Gasteiger partial charge is 0.334 e. The third-order valence-corrected chi connectivity index (χ3v) is 3.83. The second-order valence-corrected chi connectivity index (χ2v) is 6.16. The van der Waals surface area contributed by atoms with Crippen LogP contribution in [0.3, 0.4) is 0 Å². The average Bonchev–Trinajstić information content (AvgIpc) is 2.96. The molecule has 128 valence electrons. The van der Waals surface area contributed by atoms with Gasteiger partial charge in [-0.1, -0.05) is 19.9 Å². The molecular weight excluding hydrogens is 312 g/mol. The number of halogens is 4. The number of carbonyl (C=O) groups is 1. The zero-order valence-electron chi connectivity index (χ0n) is 13.1. The Hall–Kier alpha value is -1.63. The maximum absolute atomic E-state index is 13.7. The molecular formula is C16H20F4N2O. The normalized spacial score (nSPS) is 18.5. The van der Waals surface area contributed by atoms with E-state index in [2.05, 4.69) is 5.32 Å². The summed E-state index contributed by atoms with van der Waals surface area (Å²) in [5, 5.41) is 3.10. The van der Waals surface area contributed by atoms with E-state index in [1.807, 2.05) is 13.8 Å². The molecule has 0 unspecified atom stereocenters. The van der Waals surface area contributed by atoms with E-state index in [1.165, 1.54) is 4.90 Å². The van der Waals surface area contributed by atoms with Crippen LogP contribution in [0, 0.1) is 11.7 Å². The molecule has 0 saturated carbocycles. The summed E-state index contributed by atoms with van der Waals surface area (Å²) in [6.45, 7) is 5.35. The van der Waals surface area contributed by atoms with Crippen molar-refractivity contribution in [2.75, 3.05) is 19.6 Å². The molecule has 1 aliphatic heterocycles. The number of alkyl halides is 3. The predicted octanol–water partition coefficient (Wildman–Crippen LogP) is 3.30. The number of carbonyl (C=O) groups excluding carboxylic acids is 1. The quantitative estimate of drug-likeness (QED) is 0.858. The molecule has 1 aliphatic rings. The van der Waals surface area contributed by atoms with Gasteiger partial charge < -0.3 is 10.2 Å². The molecule has 1 aromatic carbocycles. The molecule has 1 heterocycles. The molecule has 1 atom stereocenters. The maximum atomic E-state index is 13.7. The van der Waals surface area contributed by atoms with Crippen LogP contribution < -0.4 is 5.32 Å². The molecule has 0 aromatic heterocycles. The summed E-state index contributed by atoms with van der Waals surface area (Å²) in [5.41, 5.74) is -2.10. The van der Waals surface area contributed by atoms with Crippen molar-refractivity contribution in [1.29, 1.82) is 0 Å². The standard InChI is InChI=1S/C16H20F4N2O/c1-10(2)9-22(11-6-7-21-8-11)15(23)12-4-3-5-13(17)14(12)16(18,19)20/h3-5,10-11,21H,6-9H2,1-2H3/t11-/m0/s1. The Labute approximate surface area is 132 Å². The van der Waals surface area contributed by atoms with Crippen molar-refractivity contribution < 1.29 is 22.4 Å². The molecule has 1 aromatic rings. The molecule has 2 rings (SSSR count). The van der Waals surface area contributed by atoms with E-state index in [1.54, 1.807) is 0 Å². The highest BCUT2D eigenvalue weighted by atomic mass is 19.4. The van der Waals surface area contributed by atoms with Crippen LogP contribution in [0.15, 0.2) is 18.2 Å². The monoisotopic (exact) mass is 332 g/mol. The van der Waals surface area contributed by atoms with E-state index in [4.69, 9.17) is 0 Å². The number of nitrogens with zero attached hydrogens (tertiary/aromatic N) is 1. The van der Waals surface area contributed by atoms with Gasteiger partial charge >= 0.3 is 6.18 Å². The first-order valence-electron chi connectivity index (χ1n) is 7.59. The number of benzene rings is 1. The second-order valence-electron chi connectivity index (χ2n) is 6.16.